The molecule has 5 unspecified atom stereocenters. The lowest BCUT2D eigenvalue weighted by atomic mass is 9.71. The van der Waals surface area contributed by atoms with E-state index in [1.165, 1.54) is 27.8 Å². The van der Waals surface area contributed by atoms with Gasteiger partial charge in [-0.2, -0.15) is 0 Å². The van der Waals surface area contributed by atoms with Gasteiger partial charge in [0.25, 0.3) is 0 Å². The van der Waals surface area contributed by atoms with E-state index in [1.807, 2.05) is 54.6 Å². The van der Waals surface area contributed by atoms with Gasteiger partial charge in [0.05, 0.1) is 0 Å². The highest BCUT2D eigenvalue weighted by atomic mass is 16.5. The zero-order valence-corrected chi connectivity index (χ0v) is 39.9. The minimum absolute atomic E-state index is 0.128. The van der Waals surface area contributed by atoms with E-state index >= 15 is 0 Å². The Bertz CT molecular complexity index is 4060. The van der Waals surface area contributed by atoms with Crippen molar-refractivity contribution in [1.82, 2.24) is 0 Å². The van der Waals surface area contributed by atoms with Crippen LogP contribution in [0.2, 0.25) is 0 Å². The molecule has 0 saturated heterocycles. The van der Waals surface area contributed by atoms with Gasteiger partial charge in [-0.15, -0.1) is 0 Å². The Morgan fingerprint density at radius 1 is 0.597 bits per heavy atom. The summed E-state index contributed by atoms with van der Waals surface area (Å²) in [4.78, 5) is 14.0. The molecule has 1 fully saturated rings. The fraction of sp³-hybridized carbons (Fsp3) is 0.191. The van der Waals surface area contributed by atoms with Crippen molar-refractivity contribution in [1.29, 1.82) is 0 Å². The van der Waals surface area contributed by atoms with E-state index in [0.29, 0.717) is 54.8 Å². The normalized spacial score (nSPS) is 21.2. The third kappa shape index (κ3) is 5.00. The first kappa shape index (κ1) is 39.7. The monoisotopic (exact) mass is 928 g/mol. The van der Waals surface area contributed by atoms with Crippen molar-refractivity contribution in [2.45, 2.75) is 75.1 Å². The number of ether oxygens (including phenoxy) is 3. The molecule has 344 valence electrons. The number of esters is 1. The lowest BCUT2D eigenvalue weighted by Crippen LogP contribution is -2.17. The fourth-order valence-corrected chi connectivity index (χ4v) is 15.8. The van der Waals surface area contributed by atoms with Crippen LogP contribution in [0.3, 0.4) is 0 Å². The van der Waals surface area contributed by atoms with Crippen LogP contribution in [0.1, 0.15) is 120 Å². The molecule has 0 N–H and O–H groups in total. The van der Waals surface area contributed by atoms with Crippen molar-refractivity contribution >= 4 is 72.9 Å². The molecule has 0 radical (unpaired) electrons. The third-order valence-electron chi connectivity index (χ3n) is 18.5. The number of benzene rings is 9. The quantitative estimate of drug-likeness (QED) is 0.0759. The van der Waals surface area contributed by atoms with E-state index in [-0.39, 0.29) is 18.0 Å². The Labute approximate surface area is 417 Å². The number of carbonyl (C=O) groups excluding carboxylic acids is 1. The first-order valence-corrected chi connectivity index (χ1v) is 26.0. The van der Waals surface area contributed by atoms with Gasteiger partial charge < -0.3 is 14.2 Å². The van der Waals surface area contributed by atoms with E-state index in [9.17, 15) is 4.79 Å². The Balaban J connectivity index is 0.697. The van der Waals surface area contributed by atoms with E-state index < -0.39 is 0 Å². The summed E-state index contributed by atoms with van der Waals surface area (Å²) in [5, 5.41) is 12.6. The number of rotatable bonds is 15. The summed E-state index contributed by atoms with van der Waals surface area (Å²) in [6.45, 7) is 8.67. The smallest absolute Gasteiger partial charge is 0.306 e. The van der Waals surface area contributed by atoms with Gasteiger partial charge in [-0.05, 0) is 181 Å². The van der Waals surface area contributed by atoms with Crippen molar-refractivity contribution in [3.63, 3.8) is 0 Å². The zero-order chi connectivity index (χ0) is 47.3. The number of hydrogen-bond donors (Lipinski definition) is 0. The van der Waals surface area contributed by atoms with Gasteiger partial charge >= 0.3 is 5.97 Å². The molecule has 1 saturated carbocycles. The predicted molar refractivity (Wildman–Crippen MR) is 290 cm³/mol. The SMILES string of the molecule is C=Cc1ccc(COc2cc(COC(=O)CCCC3(c4ccccc4)C4c5cc6c7c8c9c%10c%11c%12c(cc%13c%11c%11c(cc(c%14c%11c%10c7c5-%14)C43)C%13)C=CC(C=C8C6)C%129)cc(OCc3ccc(C=C)cc3)c2)cc1. The van der Waals surface area contributed by atoms with Crippen LogP contribution >= 0.6 is 0 Å². The lowest BCUT2D eigenvalue weighted by molar-refractivity contribution is -0.145. The van der Waals surface area contributed by atoms with Gasteiger partial charge in [-0.1, -0.05) is 141 Å². The minimum atomic E-state index is -0.185. The van der Waals surface area contributed by atoms with Gasteiger partial charge in [0.1, 0.15) is 31.3 Å². The molecule has 0 aliphatic heterocycles. The molecule has 0 spiro atoms. The summed E-state index contributed by atoms with van der Waals surface area (Å²) in [7, 11) is 0. The highest BCUT2D eigenvalue weighted by Crippen LogP contribution is 2.80. The molecule has 9 aromatic rings. The second kappa shape index (κ2) is 13.9. The highest BCUT2D eigenvalue weighted by molar-refractivity contribution is 6.45. The Morgan fingerprint density at radius 2 is 1.22 bits per heavy atom. The summed E-state index contributed by atoms with van der Waals surface area (Å²) in [5.41, 5.74) is 24.9. The summed E-state index contributed by atoms with van der Waals surface area (Å²) in [6.07, 6.45) is 15.3. The molecule has 0 aromatic heterocycles. The van der Waals surface area contributed by atoms with Crippen LogP contribution in [0.25, 0.3) is 78.0 Å². The van der Waals surface area contributed by atoms with E-state index in [4.69, 9.17) is 14.2 Å². The van der Waals surface area contributed by atoms with Crippen LogP contribution in [0.5, 0.6) is 11.5 Å². The number of fused-ring (bicyclic) bond motifs is 3. The number of hydrogen-bond acceptors (Lipinski definition) is 4. The molecule has 0 amide bonds. The van der Waals surface area contributed by atoms with Crippen LogP contribution in [-0.2, 0) is 47.6 Å². The summed E-state index contributed by atoms with van der Waals surface area (Å²) in [5.74, 6) is 2.67. The van der Waals surface area contributed by atoms with E-state index in [2.05, 4.69) is 104 Å². The van der Waals surface area contributed by atoms with E-state index in [1.54, 1.807) is 87.6 Å². The van der Waals surface area contributed by atoms with Crippen LogP contribution in [0, 0.1) is 5.92 Å². The van der Waals surface area contributed by atoms with Crippen molar-refractivity contribution in [3.05, 3.63) is 224 Å². The molecule has 0 bridgehead atoms. The van der Waals surface area contributed by atoms with Crippen molar-refractivity contribution in [3.8, 4) is 22.6 Å². The number of carbonyl (C=O) groups is 1. The van der Waals surface area contributed by atoms with Crippen LogP contribution in [-0.4, -0.2) is 5.97 Å². The van der Waals surface area contributed by atoms with Gasteiger partial charge in [-0.25, -0.2) is 0 Å². The topological polar surface area (TPSA) is 44.8 Å². The van der Waals surface area contributed by atoms with Crippen LogP contribution < -0.4 is 9.47 Å². The average molecular weight is 929 g/mol. The van der Waals surface area contributed by atoms with Gasteiger partial charge in [-0.3, -0.25) is 4.79 Å². The van der Waals surface area contributed by atoms with Gasteiger partial charge in [0, 0.05) is 41.6 Å². The van der Waals surface area contributed by atoms with Gasteiger partial charge in [0.15, 0.2) is 0 Å². The molecule has 9 aromatic carbocycles. The summed E-state index contributed by atoms with van der Waals surface area (Å²) >= 11 is 0. The molecule has 0 heterocycles. The molecule has 8 aliphatic rings. The minimum Gasteiger partial charge on any atom is -0.489 e. The summed E-state index contributed by atoms with van der Waals surface area (Å²) in [6, 6.07) is 41.4. The Hall–Kier alpha value is -7.95. The van der Waals surface area contributed by atoms with Crippen LogP contribution in [0.15, 0.2) is 141 Å². The van der Waals surface area contributed by atoms with Crippen molar-refractivity contribution < 1.29 is 19.0 Å². The maximum atomic E-state index is 14.0. The molecule has 4 heteroatoms. The second-order valence-electron chi connectivity index (χ2n) is 21.9. The number of allylic oxidation sites excluding steroid dienone is 3. The molecule has 72 heavy (non-hydrogen) atoms. The molecule has 5 atom stereocenters. The molecule has 8 aliphatic carbocycles. The highest BCUT2D eigenvalue weighted by Gasteiger charge is 2.69. The lowest BCUT2D eigenvalue weighted by Gasteiger charge is -2.31. The largest absolute Gasteiger partial charge is 0.489 e. The molecular weight excluding hydrogens is 881 g/mol. The van der Waals surface area contributed by atoms with E-state index in [0.717, 1.165) is 53.5 Å². The molecule has 17 rings (SSSR count). The fourth-order valence-electron chi connectivity index (χ4n) is 15.8. The molecular formula is C68H48O4. The van der Waals surface area contributed by atoms with Crippen molar-refractivity contribution in [2.75, 3.05) is 0 Å². The van der Waals surface area contributed by atoms with Crippen molar-refractivity contribution in [2.24, 2.45) is 5.92 Å². The predicted octanol–water partition coefficient (Wildman–Crippen LogP) is 15.7. The Kier molecular flexibility index (Phi) is 7.68. The third-order valence-corrected chi connectivity index (χ3v) is 18.5. The standard InChI is InChI=1S/C68H48O4/c1-3-35-12-16-37(17-13-35)32-70-47-23-39(24-48(31-47)71-33-38-18-14-36(4-2)15-19-38)34-72-51(69)11-8-22-68(46-9-6-5-7-10-46)66-49-29-44-27-42-25-40-20-21-41-26-43-28-45-30-50(67(66)68)59-58(49)62-56(44)54(42)60-52(40)53(41)61-55(43)57(45)63(59)65(62)64(60)61/h3-7,9-10,12-21,23-26,29-31,40,52,66-67H,1-2,8,11,22,27-28,32-34H2. The van der Waals surface area contributed by atoms with Gasteiger partial charge in [0.2, 0.25) is 0 Å². The first-order chi connectivity index (χ1) is 35.5. The maximum Gasteiger partial charge on any atom is 0.306 e. The first-order valence-electron chi connectivity index (χ1n) is 26.0. The zero-order valence-electron chi connectivity index (χ0n) is 39.9. The van der Waals surface area contributed by atoms with Crippen LogP contribution in [0.4, 0.5) is 0 Å². The summed E-state index contributed by atoms with van der Waals surface area (Å²) < 4.78 is 18.8. The maximum absolute atomic E-state index is 14.0. The average Bonchev–Trinajstić information content (AvgIpc) is 3.79. The molecule has 4 nitrogen and oxygen atoms in total. The second-order valence-corrected chi connectivity index (χ2v) is 21.9. The Morgan fingerprint density at radius 3 is 1.90 bits per heavy atom.